The predicted molar refractivity (Wildman–Crippen MR) is 154 cm³/mol. The highest BCUT2D eigenvalue weighted by molar-refractivity contribution is 6.39. The minimum atomic E-state index is -0.247. The fraction of sp³-hybridized carbons (Fsp3) is 0.138. The SMILES string of the molecule is CN(C)C(=O)c1ccc(Cn2cc(-c3cnc4ccn5c(CO)c(-c6c(Cl)cccc6Cl)nc5c4c3)cn2)cn1. The third-order valence-electron chi connectivity index (χ3n) is 6.66. The van der Waals surface area contributed by atoms with Gasteiger partial charge in [0.15, 0.2) is 0 Å². The molecule has 1 aromatic carbocycles. The molecule has 11 heteroatoms. The summed E-state index contributed by atoms with van der Waals surface area (Å²) in [6.45, 7) is 0.249. The van der Waals surface area contributed by atoms with Gasteiger partial charge in [-0.15, -0.1) is 0 Å². The van der Waals surface area contributed by atoms with Gasteiger partial charge in [-0.3, -0.25) is 19.4 Å². The molecule has 5 heterocycles. The average molecular weight is 572 g/mol. The Bertz CT molecular complexity index is 1870. The number of imidazole rings is 1. The van der Waals surface area contributed by atoms with Gasteiger partial charge in [-0.2, -0.15) is 5.10 Å². The van der Waals surface area contributed by atoms with Crippen molar-refractivity contribution in [3.63, 3.8) is 0 Å². The summed E-state index contributed by atoms with van der Waals surface area (Å²) in [5.74, 6) is -0.142. The Morgan fingerprint density at radius 3 is 2.50 bits per heavy atom. The van der Waals surface area contributed by atoms with E-state index in [1.165, 1.54) is 4.90 Å². The molecule has 0 radical (unpaired) electrons. The molecular weight excluding hydrogens is 549 g/mol. The lowest BCUT2D eigenvalue weighted by Gasteiger charge is -2.09. The van der Waals surface area contributed by atoms with Crippen LogP contribution in [-0.2, 0) is 13.2 Å². The van der Waals surface area contributed by atoms with Gasteiger partial charge in [0.2, 0.25) is 0 Å². The van der Waals surface area contributed by atoms with Crippen molar-refractivity contribution in [2.45, 2.75) is 13.2 Å². The van der Waals surface area contributed by atoms with E-state index in [0.717, 1.165) is 27.6 Å². The molecule has 0 spiro atoms. The van der Waals surface area contributed by atoms with Gasteiger partial charge in [-0.1, -0.05) is 35.3 Å². The van der Waals surface area contributed by atoms with Crippen molar-refractivity contribution < 1.29 is 9.90 Å². The third-order valence-corrected chi connectivity index (χ3v) is 7.29. The lowest BCUT2D eigenvalue weighted by Crippen LogP contribution is -2.22. The van der Waals surface area contributed by atoms with E-state index in [4.69, 9.17) is 28.2 Å². The number of aliphatic hydroxyl groups excluding tert-OH is 1. The second-order valence-corrected chi connectivity index (χ2v) is 10.3. The molecule has 9 nitrogen and oxygen atoms in total. The molecule has 40 heavy (non-hydrogen) atoms. The van der Waals surface area contributed by atoms with Crippen molar-refractivity contribution in [3.8, 4) is 22.4 Å². The van der Waals surface area contributed by atoms with E-state index in [9.17, 15) is 9.90 Å². The number of pyridine rings is 3. The molecule has 200 valence electrons. The van der Waals surface area contributed by atoms with Crippen molar-refractivity contribution >= 4 is 45.7 Å². The van der Waals surface area contributed by atoms with Gasteiger partial charge in [0.1, 0.15) is 11.3 Å². The van der Waals surface area contributed by atoms with E-state index in [-0.39, 0.29) is 12.5 Å². The van der Waals surface area contributed by atoms with Crippen LogP contribution in [0.2, 0.25) is 10.0 Å². The zero-order chi connectivity index (χ0) is 28.0. The summed E-state index contributed by atoms with van der Waals surface area (Å²) in [7, 11) is 3.39. The fourth-order valence-electron chi connectivity index (χ4n) is 4.64. The van der Waals surface area contributed by atoms with E-state index in [1.54, 1.807) is 57.0 Å². The maximum Gasteiger partial charge on any atom is 0.271 e. The number of hydrogen-bond acceptors (Lipinski definition) is 6. The van der Waals surface area contributed by atoms with E-state index in [2.05, 4.69) is 15.1 Å². The molecule has 0 aliphatic rings. The predicted octanol–water partition coefficient (Wildman–Crippen LogP) is 5.36. The second kappa shape index (κ2) is 10.3. The summed E-state index contributed by atoms with van der Waals surface area (Å²) in [4.78, 5) is 27.4. The highest BCUT2D eigenvalue weighted by atomic mass is 35.5. The number of hydrogen-bond donors (Lipinski definition) is 1. The van der Waals surface area contributed by atoms with E-state index >= 15 is 0 Å². The lowest BCUT2D eigenvalue weighted by atomic mass is 10.1. The number of rotatable bonds is 6. The van der Waals surface area contributed by atoms with Crippen LogP contribution in [0, 0.1) is 0 Å². The molecule has 0 saturated heterocycles. The molecule has 1 N–H and O–H groups in total. The molecule has 6 rings (SSSR count). The summed E-state index contributed by atoms with van der Waals surface area (Å²) in [5, 5.41) is 16.5. The molecule has 0 unspecified atom stereocenters. The van der Waals surface area contributed by atoms with Gasteiger partial charge in [0.25, 0.3) is 5.91 Å². The Morgan fingerprint density at radius 1 is 1.00 bits per heavy atom. The zero-order valence-corrected chi connectivity index (χ0v) is 23.1. The number of fused-ring (bicyclic) bond motifs is 3. The van der Waals surface area contributed by atoms with Crippen LogP contribution in [-0.4, -0.2) is 59.1 Å². The topological polar surface area (TPSA) is 101 Å². The standard InChI is InChI=1S/C29H23Cl2N7O2/c1-36(2)29(40)24-7-6-17(11-32-24)14-37-15-19(13-34-37)18-10-20-23(33-12-18)8-9-38-25(16-39)27(35-28(20)38)26-21(30)4-3-5-22(26)31/h3-13,15,39H,14,16H2,1-2H3. The van der Waals surface area contributed by atoms with Crippen molar-refractivity contribution in [2.24, 2.45) is 0 Å². The number of halogens is 2. The summed E-state index contributed by atoms with van der Waals surface area (Å²) in [6, 6.07) is 12.7. The highest BCUT2D eigenvalue weighted by Gasteiger charge is 2.20. The number of aliphatic hydroxyl groups is 1. The Hall–Kier alpha value is -4.31. The second-order valence-electron chi connectivity index (χ2n) is 9.51. The van der Waals surface area contributed by atoms with Gasteiger partial charge in [0, 0.05) is 61.0 Å². The lowest BCUT2D eigenvalue weighted by molar-refractivity contribution is 0.0822. The molecule has 0 fully saturated rings. The fourth-order valence-corrected chi connectivity index (χ4v) is 5.22. The van der Waals surface area contributed by atoms with Gasteiger partial charge in [-0.25, -0.2) is 4.98 Å². The minimum absolute atomic E-state index is 0.142. The van der Waals surface area contributed by atoms with Crippen molar-refractivity contribution in [1.29, 1.82) is 0 Å². The smallest absolute Gasteiger partial charge is 0.271 e. The Kier molecular flexibility index (Phi) is 6.71. The van der Waals surface area contributed by atoms with Gasteiger partial charge < -0.3 is 14.4 Å². The first-order chi connectivity index (χ1) is 19.3. The molecular formula is C29H23Cl2N7O2. The monoisotopic (exact) mass is 571 g/mol. The maximum atomic E-state index is 12.1. The van der Waals surface area contributed by atoms with Crippen LogP contribution in [0.4, 0.5) is 0 Å². The molecule has 6 aromatic rings. The van der Waals surface area contributed by atoms with Crippen LogP contribution in [0.1, 0.15) is 21.7 Å². The third kappa shape index (κ3) is 4.58. The van der Waals surface area contributed by atoms with Crippen molar-refractivity contribution in [2.75, 3.05) is 14.1 Å². The number of nitrogens with zero attached hydrogens (tertiary/aromatic N) is 7. The summed E-state index contributed by atoms with van der Waals surface area (Å²) in [5.41, 5.74) is 6.13. The number of carbonyl (C=O) groups excluding carboxylic acids is 1. The van der Waals surface area contributed by atoms with E-state index in [1.807, 2.05) is 39.7 Å². The first kappa shape index (κ1) is 25.9. The van der Waals surface area contributed by atoms with Crippen LogP contribution < -0.4 is 0 Å². The van der Waals surface area contributed by atoms with Gasteiger partial charge >= 0.3 is 0 Å². The number of aromatic nitrogens is 6. The zero-order valence-electron chi connectivity index (χ0n) is 21.6. The summed E-state index contributed by atoms with van der Waals surface area (Å²) >= 11 is 13.0. The first-order valence-corrected chi connectivity index (χ1v) is 13.1. The molecule has 0 aliphatic heterocycles. The van der Waals surface area contributed by atoms with Crippen LogP contribution in [0.15, 0.2) is 73.4 Å². The molecule has 1 amide bonds. The Balaban J connectivity index is 1.36. The molecule has 0 saturated carbocycles. The molecule has 0 atom stereocenters. The average Bonchev–Trinajstić information content (AvgIpc) is 3.57. The Labute approximate surface area is 239 Å². The largest absolute Gasteiger partial charge is 0.390 e. The maximum absolute atomic E-state index is 12.1. The number of amides is 1. The van der Waals surface area contributed by atoms with Gasteiger partial charge in [0.05, 0.1) is 46.3 Å². The Morgan fingerprint density at radius 2 is 1.80 bits per heavy atom. The van der Waals surface area contributed by atoms with Crippen LogP contribution in [0.25, 0.3) is 38.9 Å². The van der Waals surface area contributed by atoms with Gasteiger partial charge in [-0.05, 0) is 35.9 Å². The summed E-state index contributed by atoms with van der Waals surface area (Å²) < 4.78 is 3.64. The molecule has 0 bridgehead atoms. The van der Waals surface area contributed by atoms with E-state index < -0.39 is 0 Å². The highest BCUT2D eigenvalue weighted by Crippen LogP contribution is 2.37. The number of benzene rings is 1. The minimum Gasteiger partial charge on any atom is -0.390 e. The first-order valence-electron chi connectivity index (χ1n) is 12.4. The molecule has 5 aromatic heterocycles. The quantitative estimate of drug-likeness (QED) is 0.289. The van der Waals surface area contributed by atoms with Crippen LogP contribution >= 0.6 is 23.2 Å². The van der Waals surface area contributed by atoms with E-state index in [0.29, 0.717) is 44.9 Å². The van der Waals surface area contributed by atoms with Crippen LogP contribution in [0.3, 0.4) is 0 Å². The number of carbonyl (C=O) groups is 1. The summed E-state index contributed by atoms with van der Waals surface area (Å²) in [6.07, 6.45) is 9.03. The van der Waals surface area contributed by atoms with Crippen molar-refractivity contribution in [1.82, 2.24) is 34.0 Å². The van der Waals surface area contributed by atoms with Crippen molar-refractivity contribution in [3.05, 3.63) is 100 Å². The molecule has 0 aliphatic carbocycles. The van der Waals surface area contributed by atoms with Crippen LogP contribution in [0.5, 0.6) is 0 Å². The normalized spacial score (nSPS) is 11.4.